The normalized spacial score (nSPS) is 16.1. The van der Waals surface area contributed by atoms with E-state index in [0.29, 0.717) is 35.1 Å². The van der Waals surface area contributed by atoms with E-state index in [4.69, 9.17) is 11.6 Å². The Morgan fingerprint density at radius 2 is 1.73 bits per heavy atom. The van der Waals surface area contributed by atoms with Gasteiger partial charge in [-0.1, -0.05) is 23.7 Å². The van der Waals surface area contributed by atoms with Crippen molar-refractivity contribution in [3.8, 4) is 0 Å². The third kappa shape index (κ3) is 3.24. The van der Waals surface area contributed by atoms with Crippen molar-refractivity contribution in [3.63, 3.8) is 0 Å². The molecule has 3 rings (SSSR count). The van der Waals surface area contributed by atoms with Crippen LogP contribution in [0.1, 0.15) is 21.7 Å². The van der Waals surface area contributed by atoms with Gasteiger partial charge in [0.15, 0.2) is 0 Å². The summed E-state index contributed by atoms with van der Waals surface area (Å²) in [5.41, 5.74) is 1.53. The molecule has 0 bridgehead atoms. The summed E-state index contributed by atoms with van der Waals surface area (Å²) in [6.45, 7) is 4.56. The van der Waals surface area contributed by atoms with Gasteiger partial charge in [0.05, 0.1) is 22.0 Å². The number of hydrogen-bond donors (Lipinski definition) is 0. The summed E-state index contributed by atoms with van der Waals surface area (Å²) in [4.78, 5) is 14.5. The van der Waals surface area contributed by atoms with Crippen molar-refractivity contribution in [1.29, 1.82) is 0 Å². The number of carbonyl (C=O) groups excluding carboxylic acids is 1. The van der Waals surface area contributed by atoms with Gasteiger partial charge in [-0.2, -0.15) is 9.40 Å². The molecule has 1 fully saturated rings. The average molecular weight is 397 g/mol. The molecule has 1 aromatic heterocycles. The van der Waals surface area contributed by atoms with Crippen LogP contribution in [0.4, 0.5) is 0 Å². The van der Waals surface area contributed by atoms with Gasteiger partial charge in [-0.05, 0) is 26.0 Å². The number of sulfonamides is 1. The number of aryl methyl sites for hydroxylation is 2. The maximum absolute atomic E-state index is 13.0. The van der Waals surface area contributed by atoms with Crippen molar-refractivity contribution in [1.82, 2.24) is 19.0 Å². The van der Waals surface area contributed by atoms with Crippen LogP contribution in [0.25, 0.3) is 0 Å². The number of rotatable bonds is 3. The molecular weight excluding hydrogens is 376 g/mol. The lowest BCUT2D eigenvalue weighted by Crippen LogP contribution is -2.50. The van der Waals surface area contributed by atoms with Gasteiger partial charge in [-0.25, -0.2) is 8.42 Å². The number of aromatic nitrogens is 2. The lowest BCUT2D eigenvalue weighted by atomic mass is 10.2. The second-order valence-electron chi connectivity index (χ2n) is 6.30. The first kappa shape index (κ1) is 18.9. The Hall–Kier alpha value is -1.90. The van der Waals surface area contributed by atoms with Crippen molar-refractivity contribution >= 4 is 27.5 Å². The molecule has 0 spiro atoms. The van der Waals surface area contributed by atoms with Crippen LogP contribution in [-0.4, -0.2) is 59.5 Å². The van der Waals surface area contributed by atoms with E-state index in [1.165, 1.54) is 4.31 Å². The zero-order chi connectivity index (χ0) is 19.1. The standard InChI is InChI=1S/C17H21ClN4O3S/c1-12-16(13(2)20(3)19-12)26(24,25)22-10-8-21(9-11-22)17(23)14-6-4-5-7-15(14)18/h4-7H,8-11H2,1-3H3. The number of nitrogens with zero attached hydrogens (tertiary/aromatic N) is 4. The molecule has 0 unspecified atom stereocenters. The number of amides is 1. The second-order valence-corrected chi connectivity index (χ2v) is 8.58. The van der Waals surface area contributed by atoms with E-state index in [9.17, 15) is 13.2 Å². The molecule has 0 radical (unpaired) electrons. The highest BCUT2D eigenvalue weighted by atomic mass is 35.5. The molecule has 2 heterocycles. The van der Waals surface area contributed by atoms with Crippen molar-refractivity contribution in [2.45, 2.75) is 18.7 Å². The molecular formula is C17H21ClN4O3S. The van der Waals surface area contributed by atoms with E-state index in [1.54, 1.807) is 54.7 Å². The molecule has 9 heteroatoms. The molecule has 1 saturated heterocycles. The Balaban J connectivity index is 1.76. The largest absolute Gasteiger partial charge is 0.336 e. The molecule has 7 nitrogen and oxygen atoms in total. The summed E-state index contributed by atoms with van der Waals surface area (Å²) >= 11 is 6.09. The Labute approximate surface area is 158 Å². The number of benzene rings is 1. The zero-order valence-electron chi connectivity index (χ0n) is 14.9. The van der Waals surface area contributed by atoms with Crippen molar-refractivity contribution in [2.24, 2.45) is 7.05 Å². The molecule has 0 N–H and O–H groups in total. The minimum absolute atomic E-state index is 0.179. The summed E-state index contributed by atoms with van der Waals surface area (Å²) in [7, 11) is -1.91. The van der Waals surface area contributed by atoms with Gasteiger partial charge in [0.25, 0.3) is 5.91 Å². The lowest BCUT2D eigenvalue weighted by Gasteiger charge is -2.34. The maximum Gasteiger partial charge on any atom is 0.255 e. The Morgan fingerprint density at radius 3 is 2.27 bits per heavy atom. The van der Waals surface area contributed by atoms with Crippen LogP contribution < -0.4 is 0 Å². The SMILES string of the molecule is Cc1nn(C)c(C)c1S(=O)(=O)N1CCN(C(=O)c2ccccc2Cl)CC1. The first-order valence-electron chi connectivity index (χ1n) is 8.27. The van der Waals surface area contributed by atoms with Gasteiger partial charge >= 0.3 is 0 Å². The summed E-state index contributed by atoms with van der Waals surface area (Å²) in [5.74, 6) is -0.179. The summed E-state index contributed by atoms with van der Waals surface area (Å²) in [6, 6.07) is 6.87. The predicted octanol–water partition coefficient (Wildman–Crippen LogP) is 1.84. The molecule has 0 aliphatic carbocycles. The molecule has 1 aliphatic heterocycles. The molecule has 0 saturated carbocycles. The Bertz CT molecular complexity index is 947. The van der Waals surface area contributed by atoms with Gasteiger partial charge in [0.1, 0.15) is 4.90 Å². The monoisotopic (exact) mass is 396 g/mol. The van der Waals surface area contributed by atoms with Crippen LogP contribution in [0, 0.1) is 13.8 Å². The number of halogens is 1. The zero-order valence-corrected chi connectivity index (χ0v) is 16.5. The first-order chi connectivity index (χ1) is 12.2. The highest BCUT2D eigenvalue weighted by molar-refractivity contribution is 7.89. The Kier molecular flexibility index (Phi) is 5.09. The first-order valence-corrected chi connectivity index (χ1v) is 10.1. The van der Waals surface area contributed by atoms with Crippen molar-refractivity contribution < 1.29 is 13.2 Å². The fourth-order valence-electron chi connectivity index (χ4n) is 3.19. The minimum Gasteiger partial charge on any atom is -0.336 e. The summed E-state index contributed by atoms with van der Waals surface area (Å²) < 4.78 is 29.0. The molecule has 140 valence electrons. The van der Waals surface area contributed by atoms with Crippen molar-refractivity contribution in [3.05, 3.63) is 46.2 Å². The maximum atomic E-state index is 13.0. The highest BCUT2D eigenvalue weighted by Gasteiger charge is 2.34. The third-order valence-corrected chi connectivity index (χ3v) is 7.15. The summed E-state index contributed by atoms with van der Waals surface area (Å²) in [6.07, 6.45) is 0. The average Bonchev–Trinajstić information content (AvgIpc) is 2.87. The number of carbonyl (C=O) groups is 1. The molecule has 0 atom stereocenters. The Morgan fingerprint density at radius 1 is 1.12 bits per heavy atom. The van der Waals surface area contributed by atoms with E-state index >= 15 is 0 Å². The van der Waals surface area contributed by atoms with E-state index < -0.39 is 10.0 Å². The molecule has 1 aromatic carbocycles. The van der Waals surface area contributed by atoms with E-state index in [2.05, 4.69) is 5.10 Å². The van der Waals surface area contributed by atoms with Gasteiger partial charge in [-0.15, -0.1) is 0 Å². The number of piperazine rings is 1. The van der Waals surface area contributed by atoms with Crippen LogP contribution in [0.3, 0.4) is 0 Å². The van der Waals surface area contributed by atoms with Gasteiger partial charge in [0, 0.05) is 33.2 Å². The minimum atomic E-state index is -3.64. The van der Waals surface area contributed by atoms with Gasteiger partial charge in [-0.3, -0.25) is 9.48 Å². The van der Waals surface area contributed by atoms with E-state index in [-0.39, 0.29) is 23.9 Å². The predicted molar refractivity (Wildman–Crippen MR) is 98.8 cm³/mol. The lowest BCUT2D eigenvalue weighted by molar-refractivity contribution is 0.0698. The summed E-state index contributed by atoms with van der Waals surface area (Å²) in [5, 5.41) is 4.59. The molecule has 1 amide bonds. The fraction of sp³-hybridized carbons (Fsp3) is 0.412. The smallest absolute Gasteiger partial charge is 0.255 e. The topological polar surface area (TPSA) is 75.5 Å². The van der Waals surface area contributed by atoms with Crippen LogP contribution in [0.5, 0.6) is 0 Å². The highest BCUT2D eigenvalue weighted by Crippen LogP contribution is 2.25. The van der Waals surface area contributed by atoms with E-state index in [0.717, 1.165) is 0 Å². The molecule has 1 aliphatic rings. The quantitative estimate of drug-likeness (QED) is 0.793. The van der Waals surface area contributed by atoms with Crippen molar-refractivity contribution in [2.75, 3.05) is 26.2 Å². The fourth-order valence-corrected chi connectivity index (χ4v) is 5.23. The molecule has 2 aromatic rings. The van der Waals surface area contributed by atoms with Crippen LogP contribution in [-0.2, 0) is 17.1 Å². The van der Waals surface area contributed by atoms with E-state index in [1.807, 2.05) is 0 Å². The third-order valence-electron chi connectivity index (χ3n) is 4.67. The van der Waals surface area contributed by atoms with Gasteiger partial charge < -0.3 is 4.90 Å². The van der Waals surface area contributed by atoms with Crippen LogP contribution in [0.15, 0.2) is 29.2 Å². The van der Waals surface area contributed by atoms with Gasteiger partial charge in [0.2, 0.25) is 10.0 Å². The number of hydrogen-bond acceptors (Lipinski definition) is 4. The molecule has 26 heavy (non-hydrogen) atoms. The van der Waals surface area contributed by atoms with Crippen LogP contribution in [0.2, 0.25) is 5.02 Å². The second kappa shape index (κ2) is 7.02. The van der Waals surface area contributed by atoms with Crippen LogP contribution >= 0.6 is 11.6 Å².